The number of nitrogens with zero attached hydrogens (tertiary/aromatic N) is 1. The van der Waals surface area contributed by atoms with Gasteiger partial charge in [-0.2, -0.15) is 4.98 Å². The van der Waals surface area contributed by atoms with Crippen LogP contribution in [0.1, 0.15) is 18.9 Å². The van der Waals surface area contributed by atoms with Crippen molar-refractivity contribution in [2.45, 2.75) is 25.9 Å². The highest BCUT2D eigenvalue weighted by atomic mass is 16.5. The van der Waals surface area contributed by atoms with Crippen molar-refractivity contribution in [3.63, 3.8) is 0 Å². The summed E-state index contributed by atoms with van der Waals surface area (Å²) in [7, 11) is 1.54. The van der Waals surface area contributed by atoms with E-state index in [4.69, 9.17) is 0 Å². The second kappa shape index (κ2) is 6.74. The van der Waals surface area contributed by atoms with Gasteiger partial charge in [-0.05, 0) is 19.8 Å². The third kappa shape index (κ3) is 3.95. The Morgan fingerprint density at radius 2 is 2.26 bits per heavy atom. The lowest BCUT2D eigenvalue weighted by molar-refractivity contribution is -0.153. The number of hydrogen-bond acceptors (Lipinski definition) is 7. The molecule has 0 fully saturated rings. The van der Waals surface area contributed by atoms with Crippen molar-refractivity contribution in [1.82, 2.24) is 9.97 Å². The van der Waals surface area contributed by atoms with Gasteiger partial charge in [-0.15, -0.1) is 0 Å². The summed E-state index contributed by atoms with van der Waals surface area (Å²) in [5, 5.41) is 21.7. The number of H-pyrrole nitrogens is 1. The van der Waals surface area contributed by atoms with Gasteiger partial charge in [0, 0.05) is 7.05 Å². The average Bonchev–Trinajstić information content (AvgIpc) is 2.37. The van der Waals surface area contributed by atoms with Crippen molar-refractivity contribution in [1.29, 1.82) is 0 Å². The molecule has 0 aliphatic carbocycles. The lowest BCUT2D eigenvalue weighted by atomic mass is 10.1. The fraction of sp³-hybridized carbons (Fsp3) is 0.545. The number of aliphatic hydroxyl groups excluding tert-OH is 1. The summed E-state index contributed by atoms with van der Waals surface area (Å²) in [6.45, 7) is 1.79. The molecule has 4 N–H and O–H groups in total. The van der Waals surface area contributed by atoms with Gasteiger partial charge in [0.2, 0.25) is 11.8 Å². The minimum atomic E-state index is -1.33. The van der Waals surface area contributed by atoms with Crippen molar-refractivity contribution in [3.8, 4) is 5.88 Å². The fourth-order valence-corrected chi connectivity index (χ4v) is 1.47. The molecule has 0 radical (unpaired) electrons. The van der Waals surface area contributed by atoms with Gasteiger partial charge in [-0.3, -0.25) is 9.78 Å². The SMILES string of the molecule is CCOC(=O)[C@@H](O)CCc1c(O)nc(NC)[nH]c1=O. The smallest absolute Gasteiger partial charge is 0.334 e. The zero-order chi connectivity index (χ0) is 14.4. The Morgan fingerprint density at radius 3 is 2.79 bits per heavy atom. The van der Waals surface area contributed by atoms with Gasteiger partial charge < -0.3 is 20.3 Å². The zero-order valence-corrected chi connectivity index (χ0v) is 10.8. The maximum Gasteiger partial charge on any atom is 0.334 e. The molecule has 0 aromatic carbocycles. The molecule has 8 nitrogen and oxygen atoms in total. The Morgan fingerprint density at radius 1 is 1.58 bits per heavy atom. The lowest BCUT2D eigenvalue weighted by Crippen LogP contribution is -2.25. The van der Waals surface area contributed by atoms with Crippen molar-refractivity contribution in [2.24, 2.45) is 0 Å². The van der Waals surface area contributed by atoms with Crippen LogP contribution >= 0.6 is 0 Å². The monoisotopic (exact) mass is 271 g/mol. The second-order valence-corrected chi connectivity index (χ2v) is 3.77. The maximum atomic E-state index is 11.6. The molecule has 1 aromatic rings. The van der Waals surface area contributed by atoms with E-state index in [-0.39, 0.29) is 31.0 Å². The predicted octanol–water partition coefficient (Wildman–Crippen LogP) is -0.626. The van der Waals surface area contributed by atoms with E-state index in [2.05, 4.69) is 20.0 Å². The fourth-order valence-electron chi connectivity index (χ4n) is 1.47. The van der Waals surface area contributed by atoms with Gasteiger partial charge in [0.15, 0.2) is 6.10 Å². The normalized spacial score (nSPS) is 11.9. The Balaban J connectivity index is 2.73. The van der Waals surface area contributed by atoms with Gasteiger partial charge in [0.05, 0.1) is 12.2 Å². The van der Waals surface area contributed by atoms with E-state index in [1.807, 2.05) is 0 Å². The number of ether oxygens (including phenoxy) is 1. The van der Waals surface area contributed by atoms with E-state index in [0.29, 0.717) is 0 Å². The summed E-state index contributed by atoms with van der Waals surface area (Å²) < 4.78 is 4.63. The molecule has 0 saturated carbocycles. The van der Waals surface area contributed by atoms with Crippen LogP contribution < -0.4 is 10.9 Å². The van der Waals surface area contributed by atoms with Crippen LogP contribution in [0, 0.1) is 0 Å². The van der Waals surface area contributed by atoms with Gasteiger partial charge in [0.25, 0.3) is 5.56 Å². The van der Waals surface area contributed by atoms with Crippen LogP contribution in [-0.2, 0) is 16.0 Å². The van der Waals surface area contributed by atoms with Gasteiger partial charge in [0.1, 0.15) is 0 Å². The molecule has 106 valence electrons. The number of hydrogen-bond donors (Lipinski definition) is 4. The van der Waals surface area contributed by atoms with Crippen LogP contribution in [-0.4, -0.2) is 45.9 Å². The summed E-state index contributed by atoms with van der Waals surface area (Å²) >= 11 is 0. The highest BCUT2D eigenvalue weighted by Gasteiger charge is 2.18. The van der Waals surface area contributed by atoms with E-state index in [1.165, 1.54) is 0 Å². The van der Waals surface area contributed by atoms with Gasteiger partial charge >= 0.3 is 5.97 Å². The van der Waals surface area contributed by atoms with E-state index in [0.717, 1.165) is 0 Å². The minimum Gasteiger partial charge on any atom is -0.493 e. The molecule has 0 bridgehead atoms. The molecule has 0 saturated heterocycles. The molecule has 1 atom stereocenters. The van der Waals surface area contributed by atoms with Crippen LogP contribution in [0.15, 0.2) is 4.79 Å². The van der Waals surface area contributed by atoms with Crippen molar-refractivity contribution >= 4 is 11.9 Å². The lowest BCUT2D eigenvalue weighted by Gasteiger charge is -2.10. The van der Waals surface area contributed by atoms with Crippen molar-refractivity contribution in [3.05, 3.63) is 15.9 Å². The predicted molar refractivity (Wildman–Crippen MR) is 67.0 cm³/mol. The molecule has 19 heavy (non-hydrogen) atoms. The Labute approximate surface area is 109 Å². The summed E-state index contributed by atoms with van der Waals surface area (Å²) in [5.41, 5.74) is -0.504. The molecule has 1 heterocycles. The Bertz CT molecular complexity index is 500. The zero-order valence-electron chi connectivity index (χ0n) is 10.8. The first-order valence-corrected chi connectivity index (χ1v) is 5.84. The number of carbonyl (C=O) groups excluding carboxylic acids is 1. The first-order chi connectivity index (χ1) is 8.99. The first kappa shape index (κ1) is 15.0. The van der Waals surface area contributed by atoms with Crippen LogP contribution in [0.3, 0.4) is 0 Å². The topological polar surface area (TPSA) is 125 Å². The molecule has 8 heteroatoms. The highest BCUT2D eigenvalue weighted by molar-refractivity contribution is 5.74. The number of aromatic hydroxyl groups is 1. The number of nitrogens with one attached hydrogen (secondary N) is 2. The number of rotatable bonds is 6. The van der Waals surface area contributed by atoms with E-state index >= 15 is 0 Å². The molecule has 0 unspecified atom stereocenters. The molecule has 0 amide bonds. The largest absolute Gasteiger partial charge is 0.493 e. The van der Waals surface area contributed by atoms with Crippen LogP contribution in [0.25, 0.3) is 0 Å². The molecule has 0 aliphatic rings. The summed E-state index contributed by atoms with van der Waals surface area (Å²) in [6.07, 6.45) is -1.35. The molecular weight excluding hydrogens is 254 g/mol. The Hall–Kier alpha value is -2.09. The summed E-state index contributed by atoms with van der Waals surface area (Å²) in [6, 6.07) is 0. The number of aromatic nitrogens is 2. The minimum absolute atomic E-state index is 0.0120. The van der Waals surface area contributed by atoms with Gasteiger partial charge in [-0.25, -0.2) is 4.79 Å². The molecular formula is C11H17N3O5. The number of esters is 1. The van der Waals surface area contributed by atoms with Crippen LogP contribution in [0.5, 0.6) is 5.88 Å². The third-order valence-electron chi connectivity index (χ3n) is 2.46. The van der Waals surface area contributed by atoms with E-state index < -0.39 is 23.5 Å². The van der Waals surface area contributed by atoms with Gasteiger partial charge in [-0.1, -0.05) is 0 Å². The number of aliphatic hydroxyl groups is 1. The molecule has 0 aliphatic heterocycles. The summed E-state index contributed by atoms with van der Waals surface area (Å²) in [5.74, 6) is -1.04. The van der Waals surface area contributed by atoms with E-state index in [9.17, 15) is 19.8 Å². The highest BCUT2D eigenvalue weighted by Crippen LogP contribution is 2.13. The molecule has 0 spiro atoms. The molecule has 1 rings (SSSR count). The van der Waals surface area contributed by atoms with Crippen LogP contribution in [0.2, 0.25) is 0 Å². The molecule has 1 aromatic heterocycles. The maximum absolute atomic E-state index is 11.6. The first-order valence-electron chi connectivity index (χ1n) is 5.84. The third-order valence-corrected chi connectivity index (χ3v) is 2.46. The quantitative estimate of drug-likeness (QED) is 0.508. The van der Waals surface area contributed by atoms with Crippen LogP contribution in [0.4, 0.5) is 5.95 Å². The summed E-state index contributed by atoms with van der Waals surface area (Å²) in [4.78, 5) is 28.9. The number of carbonyl (C=O) groups is 1. The average molecular weight is 271 g/mol. The van der Waals surface area contributed by atoms with Crippen molar-refractivity contribution in [2.75, 3.05) is 19.0 Å². The van der Waals surface area contributed by atoms with E-state index in [1.54, 1.807) is 14.0 Å². The van der Waals surface area contributed by atoms with Crippen molar-refractivity contribution < 1.29 is 19.7 Å². The number of aromatic amines is 1. The second-order valence-electron chi connectivity index (χ2n) is 3.77. The number of anilines is 1. The standard InChI is InChI=1S/C11H17N3O5/c1-3-19-10(18)7(15)5-4-6-8(16)13-11(12-2)14-9(6)17/h7,15H,3-5H2,1-2H3,(H3,12,13,14,16,17)/t7-/m0/s1. The Kier molecular flexibility index (Phi) is 5.31.